The molecule has 0 aromatic rings. The first-order valence-corrected chi connectivity index (χ1v) is 10.2. The number of esters is 1. The molecular weight excluding hydrogens is 412 g/mol. The molecule has 0 spiro atoms. The van der Waals surface area contributed by atoms with E-state index in [1.807, 2.05) is 6.92 Å². The Morgan fingerprint density at radius 2 is 1.27 bits per heavy atom. The lowest BCUT2D eigenvalue weighted by atomic mass is 10.3. The number of allylic oxidation sites excluding steroid dienone is 3. The summed E-state index contributed by atoms with van der Waals surface area (Å²) in [6.07, 6.45) is 16.8. The molecule has 0 N–H and O–H groups in total. The fourth-order valence-electron chi connectivity index (χ4n) is 0.273. The number of ether oxygens (including phenoxy) is 1. The van der Waals surface area contributed by atoms with Crippen molar-refractivity contribution in [1.82, 2.24) is 0 Å². The molecule has 0 aliphatic heterocycles. The molecule has 0 heterocycles. The van der Waals surface area contributed by atoms with Gasteiger partial charge < -0.3 is 4.74 Å². The van der Waals surface area contributed by atoms with Gasteiger partial charge in [-0.25, -0.2) is 0 Å². The summed E-state index contributed by atoms with van der Waals surface area (Å²) in [5.74, 6) is 9.17. The second-order valence-electron chi connectivity index (χ2n) is 5.44. The Hall–Kier alpha value is -3.55. The molecule has 0 aliphatic carbocycles. The normalized spacial score (nSPS) is 6.03. The molecule has 0 aliphatic rings. The van der Waals surface area contributed by atoms with Crippen LogP contribution in [0.3, 0.4) is 0 Å². The van der Waals surface area contributed by atoms with Gasteiger partial charge in [-0.2, -0.15) is 0 Å². The van der Waals surface area contributed by atoms with Crippen molar-refractivity contribution < 1.29 is 19.1 Å². The van der Waals surface area contributed by atoms with Crippen LogP contribution in [0.15, 0.2) is 50.1 Å². The van der Waals surface area contributed by atoms with Crippen LogP contribution < -0.4 is 0 Å². The standard InChI is InChI=1S/C5H8O2.C5H8O.C5H4.C4H6O.C4H10.C3H6.C3H4/c1-3-4-5(6)7-2;1-4(2)5(3)6;1-3-5-4-2;1-3-4(2)5;1-3-4-2;2*1-3-2/h3H,1,4H2,2H3;1H2,2-3H3;1H,2H3;3H,1H2,2H3;3-4H2,1-2H3;3H,1H2,2H3;1H,2H3. The van der Waals surface area contributed by atoms with Crippen molar-refractivity contribution in [2.24, 2.45) is 0 Å². The molecule has 0 bridgehead atoms. The lowest BCUT2D eigenvalue weighted by Crippen LogP contribution is -1.95. The molecule has 0 saturated carbocycles. The van der Waals surface area contributed by atoms with E-state index in [2.05, 4.69) is 75.0 Å². The zero-order valence-corrected chi connectivity index (χ0v) is 22.5. The third-order valence-electron chi connectivity index (χ3n) is 2.12. The van der Waals surface area contributed by atoms with Crippen LogP contribution in [0.4, 0.5) is 0 Å². The number of unbranched alkanes of at least 4 members (excludes halogenated alkanes) is 1. The van der Waals surface area contributed by atoms with E-state index >= 15 is 0 Å². The molecule has 186 valence electrons. The predicted octanol–water partition coefficient (Wildman–Crippen LogP) is 6.93. The number of terminal acetylenes is 2. The first kappa shape index (κ1) is 47.3. The van der Waals surface area contributed by atoms with E-state index in [0.717, 1.165) is 0 Å². The molecular formula is C29H46O4. The van der Waals surface area contributed by atoms with Crippen LogP contribution in [0.25, 0.3) is 0 Å². The molecule has 0 fully saturated rings. The van der Waals surface area contributed by atoms with Gasteiger partial charge in [0, 0.05) is 0 Å². The van der Waals surface area contributed by atoms with Gasteiger partial charge in [0.25, 0.3) is 0 Å². The SMILES string of the molecule is C#CC.C#CC#CC.C=C(C)C(C)=O.C=CC.C=CC(C)=O.C=CCC(=O)OC.CCCC. The van der Waals surface area contributed by atoms with Crippen LogP contribution in [0.2, 0.25) is 0 Å². The number of rotatable bonds is 5. The Morgan fingerprint density at radius 3 is 1.30 bits per heavy atom. The van der Waals surface area contributed by atoms with Crippen LogP contribution >= 0.6 is 0 Å². The molecule has 0 amide bonds. The van der Waals surface area contributed by atoms with Gasteiger partial charge in [-0.05, 0) is 65.0 Å². The average Bonchev–Trinajstić information content (AvgIpc) is 2.77. The second-order valence-corrected chi connectivity index (χ2v) is 5.44. The van der Waals surface area contributed by atoms with Crippen molar-refractivity contribution in [3.8, 4) is 36.5 Å². The van der Waals surface area contributed by atoms with Crippen molar-refractivity contribution in [3.63, 3.8) is 0 Å². The average molecular weight is 459 g/mol. The summed E-state index contributed by atoms with van der Waals surface area (Å²) >= 11 is 0. The van der Waals surface area contributed by atoms with Crippen molar-refractivity contribution in [1.29, 1.82) is 0 Å². The third-order valence-corrected chi connectivity index (χ3v) is 2.12. The molecule has 0 atom stereocenters. The van der Waals surface area contributed by atoms with Gasteiger partial charge in [-0.1, -0.05) is 57.9 Å². The van der Waals surface area contributed by atoms with Gasteiger partial charge in [-0.15, -0.1) is 31.9 Å². The molecule has 0 radical (unpaired) electrons. The molecule has 33 heavy (non-hydrogen) atoms. The van der Waals surface area contributed by atoms with Crippen molar-refractivity contribution in [2.75, 3.05) is 7.11 Å². The fourth-order valence-corrected chi connectivity index (χ4v) is 0.273. The Balaban J connectivity index is -0.0000000488. The number of methoxy groups -OCH3 is 1. The van der Waals surface area contributed by atoms with Crippen LogP contribution in [-0.2, 0) is 19.1 Å². The first-order chi connectivity index (χ1) is 15.4. The largest absolute Gasteiger partial charge is 0.469 e. The summed E-state index contributed by atoms with van der Waals surface area (Å²) in [4.78, 5) is 29.9. The quantitative estimate of drug-likeness (QED) is 0.194. The molecule has 4 nitrogen and oxygen atoms in total. The number of carbonyl (C=O) groups excluding carboxylic acids is 3. The van der Waals surface area contributed by atoms with Gasteiger partial charge in [-0.3, -0.25) is 14.4 Å². The topological polar surface area (TPSA) is 60.4 Å². The predicted molar refractivity (Wildman–Crippen MR) is 146 cm³/mol. The van der Waals surface area contributed by atoms with E-state index in [0.29, 0.717) is 12.0 Å². The van der Waals surface area contributed by atoms with Crippen molar-refractivity contribution in [3.05, 3.63) is 50.1 Å². The first-order valence-electron chi connectivity index (χ1n) is 10.2. The zero-order chi connectivity index (χ0) is 28.1. The third kappa shape index (κ3) is 182. The van der Waals surface area contributed by atoms with Gasteiger partial charge in [0.1, 0.15) is 0 Å². The van der Waals surface area contributed by atoms with Crippen molar-refractivity contribution in [2.45, 2.75) is 74.7 Å². The summed E-state index contributed by atoms with van der Waals surface area (Å²) in [5, 5.41) is 0. The number of carbonyl (C=O) groups is 3. The highest BCUT2D eigenvalue weighted by Gasteiger charge is 1.90. The summed E-state index contributed by atoms with van der Waals surface area (Å²) in [6.45, 7) is 27.6. The molecule has 0 rings (SSSR count). The highest BCUT2D eigenvalue weighted by molar-refractivity contribution is 5.91. The van der Waals surface area contributed by atoms with E-state index in [4.69, 9.17) is 6.42 Å². The zero-order valence-electron chi connectivity index (χ0n) is 22.5. The Morgan fingerprint density at radius 1 is 0.970 bits per heavy atom. The van der Waals surface area contributed by atoms with Gasteiger partial charge >= 0.3 is 5.97 Å². The second kappa shape index (κ2) is 56.7. The van der Waals surface area contributed by atoms with E-state index in [1.54, 1.807) is 26.8 Å². The minimum absolute atomic E-state index is 0.0185. The lowest BCUT2D eigenvalue weighted by Gasteiger charge is -1.88. The Bertz CT molecular complexity index is 628. The van der Waals surface area contributed by atoms with Gasteiger partial charge in [0.15, 0.2) is 11.6 Å². The van der Waals surface area contributed by atoms with E-state index in [-0.39, 0.29) is 17.5 Å². The van der Waals surface area contributed by atoms with Gasteiger partial charge in [0.2, 0.25) is 0 Å². The summed E-state index contributed by atoms with van der Waals surface area (Å²) in [7, 11) is 1.35. The van der Waals surface area contributed by atoms with E-state index in [9.17, 15) is 14.4 Å². The highest BCUT2D eigenvalue weighted by Crippen LogP contribution is 1.84. The van der Waals surface area contributed by atoms with Crippen LogP contribution in [0.5, 0.6) is 0 Å². The minimum atomic E-state index is -0.241. The number of hydrogen-bond acceptors (Lipinski definition) is 4. The summed E-state index contributed by atoms with van der Waals surface area (Å²) in [5.41, 5.74) is 0.620. The molecule has 0 saturated heterocycles. The van der Waals surface area contributed by atoms with E-state index < -0.39 is 0 Å². The Labute approximate surface area is 205 Å². The maximum absolute atomic E-state index is 10.1. The summed E-state index contributed by atoms with van der Waals surface area (Å²) in [6, 6.07) is 0. The lowest BCUT2D eigenvalue weighted by molar-refractivity contribution is -0.139. The summed E-state index contributed by atoms with van der Waals surface area (Å²) < 4.78 is 4.28. The maximum Gasteiger partial charge on any atom is 0.309 e. The van der Waals surface area contributed by atoms with Crippen molar-refractivity contribution >= 4 is 17.5 Å². The van der Waals surface area contributed by atoms with Crippen LogP contribution in [0.1, 0.15) is 74.7 Å². The van der Waals surface area contributed by atoms with Crippen LogP contribution in [-0.4, -0.2) is 24.6 Å². The number of ketones is 2. The number of hydrogen-bond donors (Lipinski definition) is 0. The molecule has 0 unspecified atom stereocenters. The van der Waals surface area contributed by atoms with Gasteiger partial charge in [0.05, 0.1) is 13.5 Å². The number of Topliss-reactive ketones (excluding diaryl/α,β-unsaturated/α-hetero) is 1. The minimum Gasteiger partial charge on any atom is -0.469 e. The monoisotopic (exact) mass is 458 g/mol. The fraction of sp³-hybridized carbons (Fsp3) is 0.414. The molecule has 0 aromatic heterocycles. The van der Waals surface area contributed by atoms with Crippen LogP contribution in [0, 0.1) is 36.5 Å². The maximum atomic E-state index is 10.1. The van der Waals surface area contributed by atoms with E-state index in [1.165, 1.54) is 46.0 Å². The molecule has 0 aromatic carbocycles. The Kier molecular flexibility index (Phi) is 81.2. The highest BCUT2D eigenvalue weighted by atomic mass is 16.5. The molecule has 4 heteroatoms. The smallest absolute Gasteiger partial charge is 0.309 e.